The van der Waals surface area contributed by atoms with E-state index in [-0.39, 0.29) is 17.5 Å². The first-order valence-electron chi connectivity index (χ1n) is 9.36. The van der Waals surface area contributed by atoms with Gasteiger partial charge in [-0.1, -0.05) is 19.3 Å². The Bertz CT molecular complexity index is 1010. The van der Waals surface area contributed by atoms with Crippen LogP contribution in [-0.2, 0) is 0 Å². The van der Waals surface area contributed by atoms with Gasteiger partial charge >= 0.3 is 0 Å². The van der Waals surface area contributed by atoms with Crippen LogP contribution >= 0.6 is 11.3 Å². The average Bonchev–Trinajstić information content (AvgIpc) is 3.14. The zero-order valence-electron chi connectivity index (χ0n) is 15.2. The first kappa shape index (κ1) is 17.9. The van der Waals surface area contributed by atoms with Crippen molar-refractivity contribution in [1.82, 2.24) is 20.3 Å². The van der Waals surface area contributed by atoms with Gasteiger partial charge in [0, 0.05) is 29.4 Å². The van der Waals surface area contributed by atoms with Crippen molar-refractivity contribution in [3.8, 4) is 11.4 Å². The molecule has 3 aromatic rings. The maximum Gasteiger partial charge on any atom is 0.263 e. The molecular formula is C20H22N4O2S. The molecule has 4 rings (SSSR count). The van der Waals surface area contributed by atoms with Crippen molar-refractivity contribution >= 4 is 28.1 Å². The topological polar surface area (TPSA) is 87.7 Å². The van der Waals surface area contributed by atoms with Gasteiger partial charge in [0.05, 0.1) is 5.39 Å². The van der Waals surface area contributed by atoms with Crippen LogP contribution in [0.25, 0.3) is 22.3 Å². The van der Waals surface area contributed by atoms with Crippen LogP contribution in [0, 0.1) is 5.92 Å². The molecule has 140 valence electrons. The van der Waals surface area contributed by atoms with Crippen LogP contribution in [0.2, 0.25) is 0 Å². The number of hydrogen-bond donors (Lipinski definition) is 2. The third kappa shape index (κ3) is 3.64. The Morgan fingerprint density at radius 1 is 1.26 bits per heavy atom. The maximum absolute atomic E-state index is 12.9. The molecule has 3 aromatic heterocycles. The molecule has 1 saturated carbocycles. The Hall–Kier alpha value is -2.54. The molecule has 1 aliphatic rings. The van der Waals surface area contributed by atoms with E-state index in [1.54, 1.807) is 29.9 Å². The Morgan fingerprint density at radius 2 is 2.00 bits per heavy atom. The molecule has 1 aliphatic carbocycles. The normalized spacial score (nSPS) is 16.3. The van der Waals surface area contributed by atoms with Gasteiger partial charge in [-0.05, 0) is 37.8 Å². The fraction of sp³-hybridized carbons (Fsp3) is 0.400. The number of amides is 1. The highest BCUT2D eigenvalue weighted by atomic mass is 32.1. The molecule has 0 aliphatic heterocycles. The molecule has 1 amide bonds. The van der Waals surface area contributed by atoms with Gasteiger partial charge in [-0.25, -0.2) is 4.98 Å². The van der Waals surface area contributed by atoms with Crippen molar-refractivity contribution in [3.63, 3.8) is 0 Å². The Morgan fingerprint density at radius 3 is 2.74 bits per heavy atom. The lowest BCUT2D eigenvalue weighted by Crippen LogP contribution is -2.38. The van der Waals surface area contributed by atoms with E-state index in [9.17, 15) is 9.59 Å². The van der Waals surface area contributed by atoms with Crippen molar-refractivity contribution in [3.05, 3.63) is 45.1 Å². The quantitative estimate of drug-likeness (QED) is 0.719. The minimum Gasteiger partial charge on any atom is -0.349 e. The lowest BCUT2D eigenvalue weighted by atomic mass is 9.84. The molecule has 2 N–H and O–H groups in total. The van der Waals surface area contributed by atoms with Crippen LogP contribution in [0.3, 0.4) is 0 Å². The van der Waals surface area contributed by atoms with Gasteiger partial charge in [-0.3, -0.25) is 14.6 Å². The van der Waals surface area contributed by atoms with E-state index < -0.39 is 0 Å². The third-order valence-electron chi connectivity index (χ3n) is 5.34. The van der Waals surface area contributed by atoms with E-state index in [1.165, 1.54) is 30.6 Å². The van der Waals surface area contributed by atoms with Crippen LogP contribution in [0.15, 0.2) is 34.7 Å². The number of pyridine rings is 1. The SMILES string of the molecule is CC(NC(=O)c1scc2c(=O)[nH]c(-c3ccncc3)nc12)C1CCCCC1. The summed E-state index contributed by atoms with van der Waals surface area (Å²) < 4.78 is 0. The first-order chi connectivity index (χ1) is 13.1. The summed E-state index contributed by atoms with van der Waals surface area (Å²) in [5.41, 5.74) is 0.989. The molecule has 0 saturated heterocycles. The number of H-pyrrole nitrogens is 1. The van der Waals surface area contributed by atoms with Crippen molar-refractivity contribution in [2.75, 3.05) is 0 Å². The second kappa shape index (κ2) is 7.60. The smallest absolute Gasteiger partial charge is 0.263 e. The number of rotatable bonds is 4. The highest BCUT2D eigenvalue weighted by Crippen LogP contribution is 2.28. The molecule has 27 heavy (non-hydrogen) atoms. The Kier molecular flexibility index (Phi) is 5.03. The summed E-state index contributed by atoms with van der Waals surface area (Å²) in [7, 11) is 0. The van der Waals surface area contributed by atoms with E-state index in [0.29, 0.717) is 27.5 Å². The molecule has 6 nitrogen and oxygen atoms in total. The van der Waals surface area contributed by atoms with Gasteiger partial charge in [-0.15, -0.1) is 11.3 Å². The van der Waals surface area contributed by atoms with E-state index in [0.717, 1.165) is 18.4 Å². The van der Waals surface area contributed by atoms with Crippen molar-refractivity contribution < 1.29 is 4.79 Å². The third-order valence-corrected chi connectivity index (χ3v) is 6.31. The standard InChI is InChI=1S/C20H22N4O2S/c1-12(13-5-3-2-4-6-13)22-20(26)17-16-15(11-27-17)19(25)24-18(23-16)14-7-9-21-10-8-14/h7-13H,2-6H2,1H3,(H,22,26)(H,23,24,25). The minimum atomic E-state index is -0.234. The van der Waals surface area contributed by atoms with Gasteiger partial charge in [0.15, 0.2) is 0 Å². The Labute approximate surface area is 161 Å². The van der Waals surface area contributed by atoms with Crippen LogP contribution in [0.5, 0.6) is 0 Å². The highest BCUT2D eigenvalue weighted by molar-refractivity contribution is 7.13. The summed E-state index contributed by atoms with van der Waals surface area (Å²) in [4.78, 5) is 37.2. The summed E-state index contributed by atoms with van der Waals surface area (Å²) in [6.45, 7) is 2.08. The zero-order chi connectivity index (χ0) is 18.8. The number of aromatic nitrogens is 3. The number of nitrogens with zero attached hydrogens (tertiary/aromatic N) is 2. The van der Waals surface area contributed by atoms with Gasteiger partial charge < -0.3 is 10.3 Å². The van der Waals surface area contributed by atoms with Gasteiger partial charge in [0.25, 0.3) is 11.5 Å². The van der Waals surface area contributed by atoms with E-state index in [4.69, 9.17) is 0 Å². The van der Waals surface area contributed by atoms with Gasteiger partial charge in [0.2, 0.25) is 0 Å². The predicted molar refractivity (Wildman–Crippen MR) is 107 cm³/mol. The van der Waals surface area contributed by atoms with Crippen molar-refractivity contribution in [1.29, 1.82) is 0 Å². The van der Waals surface area contributed by atoms with Crippen molar-refractivity contribution in [2.24, 2.45) is 5.92 Å². The Balaban J connectivity index is 1.64. The van der Waals surface area contributed by atoms with Crippen LogP contribution < -0.4 is 10.9 Å². The summed E-state index contributed by atoms with van der Waals surface area (Å²) in [5, 5.41) is 5.29. The summed E-state index contributed by atoms with van der Waals surface area (Å²) in [6.07, 6.45) is 9.38. The molecule has 1 fully saturated rings. The predicted octanol–water partition coefficient (Wildman–Crippen LogP) is 3.75. The van der Waals surface area contributed by atoms with Crippen molar-refractivity contribution in [2.45, 2.75) is 45.1 Å². The second-order valence-electron chi connectivity index (χ2n) is 7.14. The molecule has 1 atom stereocenters. The first-order valence-corrected chi connectivity index (χ1v) is 10.2. The van der Waals surface area contributed by atoms with Crippen LogP contribution in [-0.4, -0.2) is 26.9 Å². The lowest BCUT2D eigenvalue weighted by molar-refractivity contribution is 0.0925. The monoisotopic (exact) mass is 382 g/mol. The number of hydrogen-bond acceptors (Lipinski definition) is 5. The van der Waals surface area contributed by atoms with Gasteiger partial charge in [0.1, 0.15) is 16.2 Å². The van der Waals surface area contributed by atoms with Crippen LogP contribution in [0.1, 0.15) is 48.7 Å². The molecule has 0 radical (unpaired) electrons. The second-order valence-corrected chi connectivity index (χ2v) is 8.02. The minimum absolute atomic E-state index is 0.122. The van der Waals surface area contributed by atoms with E-state index in [1.807, 2.05) is 0 Å². The number of carbonyl (C=O) groups excluding carboxylic acids is 1. The number of nitrogens with one attached hydrogen (secondary N) is 2. The molecule has 0 aromatic carbocycles. The molecular weight excluding hydrogens is 360 g/mol. The number of aromatic amines is 1. The number of thiophene rings is 1. The fourth-order valence-electron chi connectivity index (χ4n) is 3.77. The van der Waals surface area contributed by atoms with Gasteiger partial charge in [-0.2, -0.15) is 0 Å². The molecule has 1 unspecified atom stereocenters. The summed E-state index contributed by atoms with van der Waals surface area (Å²) in [5.74, 6) is 0.826. The largest absolute Gasteiger partial charge is 0.349 e. The number of fused-ring (bicyclic) bond motifs is 1. The average molecular weight is 382 g/mol. The molecule has 3 heterocycles. The van der Waals surface area contributed by atoms with Crippen LogP contribution in [0.4, 0.5) is 0 Å². The van der Waals surface area contributed by atoms with E-state index in [2.05, 4.69) is 27.2 Å². The zero-order valence-corrected chi connectivity index (χ0v) is 16.0. The molecule has 7 heteroatoms. The lowest BCUT2D eigenvalue weighted by Gasteiger charge is -2.28. The maximum atomic E-state index is 12.9. The fourth-order valence-corrected chi connectivity index (χ4v) is 4.66. The summed E-state index contributed by atoms with van der Waals surface area (Å²) >= 11 is 1.27. The molecule has 0 spiro atoms. The summed E-state index contributed by atoms with van der Waals surface area (Å²) in [6, 6.07) is 3.68. The van der Waals surface area contributed by atoms with E-state index >= 15 is 0 Å². The molecule has 0 bridgehead atoms. The highest BCUT2D eigenvalue weighted by Gasteiger charge is 2.24. The number of carbonyl (C=O) groups is 1.